The first-order valence-electron chi connectivity index (χ1n) is 3.89. The monoisotopic (exact) mass is 278 g/mol. The fourth-order valence-corrected chi connectivity index (χ4v) is 1.38. The van der Waals surface area contributed by atoms with Gasteiger partial charge in [-0.15, -0.1) is 0 Å². The minimum absolute atomic E-state index is 0. The molecule has 0 heterocycles. The van der Waals surface area contributed by atoms with E-state index in [0.29, 0.717) is 5.56 Å². The molecule has 0 saturated carbocycles. The smallest absolute Gasteiger partial charge is 0.306 e. The van der Waals surface area contributed by atoms with Gasteiger partial charge in [-0.25, -0.2) is 0 Å². The number of carbonyl (C=O) groups is 1. The molecule has 4 nitrogen and oxygen atoms in total. The molecule has 0 aromatic heterocycles. The first kappa shape index (κ1) is 14.3. The molecule has 0 fully saturated rings. The third-order valence-electron chi connectivity index (χ3n) is 1.51. The summed E-state index contributed by atoms with van der Waals surface area (Å²) in [4.78, 5) is 10.9. The molecule has 15 heavy (non-hydrogen) atoms. The van der Waals surface area contributed by atoms with Crippen LogP contribution in [0, 0.1) is 0 Å². The van der Waals surface area contributed by atoms with Gasteiger partial charge in [0.05, 0.1) is 6.26 Å². The summed E-state index contributed by atoms with van der Waals surface area (Å²) in [5.41, 5.74) is 0.519. The average Bonchev–Trinajstić information content (AvgIpc) is 2.02. The van der Waals surface area contributed by atoms with Gasteiger partial charge < -0.3 is 4.18 Å². The van der Waals surface area contributed by atoms with E-state index in [1.807, 2.05) is 0 Å². The van der Waals surface area contributed by atoms with E-state index in [-0.39, 0.29) is 31.0 Å². The van der Waals surface area contributed by atoms with Crippen molar-refractivity contribution in [3.63, 3.8) is 0 Å². The number of Topliss-reactive ketones (excluding diaryl/α,β-unsaturated/α-hetero) is 1. The maximum Gasteiger partial charge on any atom is 0.306 e. The Morgan fingerprint density at radius 2 is 1.67 bits per heavy atom. The second-order valence-corrected chi connectivity index (χ2v) is 4.44. The maximum atomic E-state index is 10.9. The fourth-order valence-electron chi connectivity index (χ4n) is 0.920. The Morgan fingerprint density at radius 3 is 2.00 bits per heavy atom. The molecule has 0 aliphatic heterocycles. The van der Waals surface area contributed by atoms with E-state index >= 15 is 0 Å². The van der Waals surface area contributed by atoms with Gasteiger partial charge in [0.25, 0.3) is 0 Å². The van der Waals surface area contributed by atoms with Crippen molar-refractivity contribution in [2.75, 3.05) is 6.26 Å². The molecule has 78 valence electrons. The normalized spacial score (nSPS) is 10.3. The summed E-state index contributed by atoms with van der Waals surface area (Å²) in [6.45, 7) is 1.44. The number of hydrogen-bond acceptors (Lipinski definition) is 4. The molecule has 0 amide bonds. The van der Waals surface area contributed by atoms with E-state index in [9.17, 15) is 13.2 Å². The van der Waals surface area contributed by atoms with Gasteiger partial charge in [-0.05, 0) is 31.2 Å². The second kappa shape index (κ2) is 5.38. The van der Waals surface area contributed by atoms with Crippen molar-refractivity contribution in [2.45, 2.75) is 6.92 Å². The van der Waals surface area contributed by atoms with E-state index in [0.717, 1.165) is 6.26 Å². The van der Waals surface area contributed by atoms with Gasteiger partial charge in [0.1, 0.15) is 5.75 Å². The molecular formula is C9H10O4SZn. The number of ketones is 1. The Bertz CT molecular complexity index is 436. The van der Waals surface area contributed by atoms with Crippen LogP contribution in [0.2, 0.25) is 0 Å². The standard InChI is InChI=1S/C9H10O4S.Zn/c1-7(10)8-3-5-9(6-4-8)13-14(2,11)12;/h3-6H,1-2H3;. The predicted octanol–water partition coefficient (Wildman–Crippen LogP) is 1.23. The van der Waals surface area contributed by atoms with Crippen molar-refractivity contribution < 1.29 is 36.9 Å². The zero-order chi connectivity index (χ0) is 10.8. The van der Waals surface area contributed by atoms with Crippen LogP contribution in [-0.2, 0) is 29.6 Å². The fraction of sp³-hybridized carbons (Fsp3) is 0.222. The predicted molar refractivity (Wildman–Crippen MR) is 51.9 cm³/mol. The van der Waals surface area contributed by atoms with Crippen LogP contribution in [0.15, 0.2) is 24.3 Å². The van der Waals surface area contributed by atoms with Gasteiger partial charge >= 0.3 is 10.1 Å². The summed E-state index contributed by atoms with van der Waals surface area (Å²) in [5, 5.41) is 0. The van der Waals surface area contributed by atoms with Crippen LogP contribution in [-0.4, -0.2) is 20.5 Å². The van der Waals surface area contributed by atoms with Crippen LogP contribution in [0.5, 0.6) is 5.75 Å². The number of hydrogen-bond donors (Lipinski definition) is 0. The third kappa shape index (κ3) is 5.04. The van der Waals surface area contributed by atoms with Crippen LogP contribution in [0.25, 0.3) is 0 Å². The summed E-state index contributed by atoms with van der Waals surface area (Å²) >= 11 is 0. The summed E-state index contributed by atoms with van der Waals surface area (Å²) < 4.78 is 26.1. The number of rotatable bonds is 3. The quantitative estimate of drug-likeness (QED) is 0.474. The molecule has 0 atom stereocenters. The van der Waals surface area contributed by atoms with Crippen LogP contribution in [0.3, 0.4) is 0 Å². The van der Waals surface area contributed by atoms with Gasteiger partial charge in [0, 0.05) is 25.0 Å². The Labute approximate surface area is 102 Å². The van der Waals surface area contributed by atoms with Gasteiger partial charge in [-0.1, -0.05) is 0 Å². The molecule has 1 aromatic carbocycles. The van der Waals surface area contributed by atoms with E-state index in [1.165, 1.54) is 31.2 Å². The molecule has 0 bridgehead atoms. The summed E-state index contributed by atoms with van der Waals surface area (Å²) in [6.07, 6.45) is 0.964. The first-order valence-corrected chi connectivity index (χ1v) is 5.70. The molecule has 0 aliphatic carbocycles. The van der Waals surface area contributed by atoms with Crippen molar-refractivity contribution in [1.29, 1.82) is 0 Å². The molecule has 0 saturated heterocycles. The molecule has 0 radical (unpaired) electrons. The molecule has 1 rings (SSSR count). The summed E-state index contributed by atoms with van der Waals surface area (Å²) in [7, 11) is -3.50. The van der Waals surface area contributed by atoms with E-state index < -0.39 is 10.1 Å². The summed E-state index contributed by atoms with van der Waals surface area (Å²) in [5.74, 6) is 0.133. The Kier molecular flexibility index (Phi) is 5.11. The minimum Gasteiger partial charge on any atom is -0.383 e. The van der Waals surface area contributed by atoms with Crippen LogP contribution in [0.1, 0.15) is 17.3 Å². The first-order chi connectivity index (χ1) is 6.38. The van der Waals surface area contributed by atoms with E-state index in [2.05, 4.69) is 4.18 Å². The van der Waals surface area contributed by atoms with E-state index in [1.54, 1.807) is 0 Å². The van der Waals surface area contributed by atoms with Crippen molar-refractivity contribution in [3.05, 3.63) is 29.8 Å². The Balaban J connectivity index is 0.00000196. The minimum atomic E-state index is -3.50. The third-order valence-corrected chi connectivity index (χ3v) is 2.00. The van der Waals surface area contributed by atoms with Gasteiger partial charge in [0.15, 0.2) is 5.78 Å². The largest absolute Gasteiger partial charge is 0.383 e. The SMILES string of the molecule is CC(=O)c1ccc(OS(C)(=O)=O)cc1.[Zn]. The molecule has 1 aromatic rings. The molecule has 0 N–H and O–H groups in total. The van der Waals surface area contributed by atoms with Gasteiger partial charge in [0.2, 0.25) is 0 Å². The molecule has 0 spiro atoms. The van der Waals surface area contributed by atoms with Crippen LogP contribution >= 0.6 is 0 Å². The molecule has 6 heteroatoms. The second-order valence-electron chi connectivity index (χ2n) is 2.87. The number of benzene rings is 1. The topological polar surface area (TPSA) is 60.4 Å². The zero-order valence-electron chi connectivity index (χ0n) is 8.56. The summed E-state index contributed by atoms with van der Waals surface area (Å²) in [6, 6.07) is 5.92. The van der Waals surface area contributed by atoms with Crippen molar-refractivity contribution >= 4 is 15.9 Å². The van der Waals surface area contributed by atoms with Crippen molar-refractivity contribution in [1.82, 2.24) is 0 Å². The maximum absolute atomic E-state index is 10.9. The van der Waals surface area contributed by atoms with Gasteiger partial charge in [-0.3, -0.25) is 4.79 Å². The number of carbonyl (C=O) groups excluding carboxylic acids is 1. The van der Waals surface area contributed by atoms with Crippen molar-refractivity contribution in [2.24, 2.45) is 0 Å². The molecule has 0 unspecified atom stereocenters. The zero-order valence-corrected chi connectivity index (χ0v) is 12.3. The van der Waals surface area contributed by atoms with Crippen LogP contribution < -0.4 is 4.18 Å². The van der Waals surface area contributed by atoms with Crippen molar-refractivity contribution in [3.8, 4) is 5.75 Å². The Hall–Kier alpha value is -0.737. The average molecular weight is 280 g/mol. The molecule has 0 aliphatic rings. The van der Waals surface area contributed by atoms with E-state index in [4.69, 9.17) is 0 Å². The Morgan fingerprint density at radius 1 is 1.20 bits per heavy atom. The van der Waals surface area contributed by atoms with Gasteiger partial charge in [-0.2, -0.15) is 8.42 Å². The molecular weight excluding hydrogens is 270 g/mol. The van der Waals surface area contributed by atoms with Crippen LogP contribution in [0.4, 0.5) is 0 Å².